The number of carbonyl (C=O) groups excluding carboxylic acids is 1. The van der Waals surface area contributed by atoms with Gasteiger partial charge in [0, 0.05) is 18.7 Å². The predicted octanol–water partition coefficient (Wildman–Crippen LogP) is 2.83. The van der Waals surface area contributed by atoms with Crippen molar-refractivity contribution in [1.82, 2.24) is 10.1 Å². The first-order valence-corrected chi connectivity index (χ1v) is 7.74. The summed E-state index contributed by atoms with van der Waals surface area (Å²) in [5.41, 5.74) is 9.74. The van der Waals surface area contributed by atoms with Crippen molar-refractivity contribution >= 4 is 5.91 Å². The molecule has 5 heteroatoms. The molecule has 0 unspecified atom stereocenters. The lowest BCUT2D eigenvalue weighted by atomic mass is 10.0. The molecule has 24 heavy (non-hydrogen) atoms. The van der Waals surface area contributed by atoms with Crippen LogP contribution in [-0.2, 0) is 17.9 Å². The van der Waals surface area contributed by atoms with Crippen LogP contribution < -0.4 is 5.73 Å². The van der Waals surface area contributed by atoms with E-state index in [0.29, 0.717) is 13.1 Å². The van der Waals surface area contributed by atoms with Gasteiger partial charge in [0.05, 0.1) is 12.7 Å². The zero-order valence-corrected chi connectivity index (χ0v) is 13.3. The average molecular weight is 321 g/mol. The molecule has 0 spiro atoms. The number of hydrogen-bond acceptors (Lipinski definition) is 4. The minimum absolute atomic E-state index is 0.186. The number of nitrogens with zero attached hydrogens (tertiary/aromatic N) is 2. The zero-order valence-electron chi connectivity index (χ0n) is 13.3. The van der Waals surface area contributed by atoms with Crippen LogP contribution in [-0.4, -0.2) is 22.5 Å². The van der Waals surface area contributed by atoms with Gasteiger partial charge in [-0.2, -0.15) is 0 Å². The lowest BCUT2D eigenvalue weighted by Crippen LogP contribution is -2.32. The molecule has 2 N–H and O–H groups in total. The van der Waals surface area contributed by atoms with Crippen LogP contribution in [0.4, 0.5) is 0 Å². The van der Waals surface area contributed by atoms with Gasteiger partial charge in [-0.15, -0.1) is 0 Å². The summed E-state index contributed by atoms with van der Waals surface area (Å²) < 4.78 is 4.84. The van der Waals surface area contributed by atoms with Gasteiger partial charge in [-0.3, -0.25) is 9.69 Å². The van der Waals surface area contributed by atoms with Crippen LogP contribution >= 0.6 is 0 Å². The molecule has 0 radical (unpaired) electrons. The third kappa shape index (κ3) is 4.30. The number of primary amides is 1. The molecule has 3 rings (SSSR count). The summed E-state index contributed by atoms with van der Waals surface area (Å²) in [5, 5.41) is 3.69. The normalized spacial score (nSPS) is 10.9. The molecule has 0 atom stereocenters. The lowest BCUT2D eigenvalue weighted by molar-refractivity contribution is -0.119. The molecule has 0 fully saturated rings. The maximum Gasteiger partial charge on any atom is 0.231 e. The van der Waals surface area contributed by atoms with E-state index in [9.17, 15) is 4.79 Å². The van der Waals surface area contributed by atoms with E-state index >= 15 is 0 Å². The van der Waals surface area contributed by atoms with E-state index in [0.717, 1.165) is 11.1 Å². The van der Waals surface area contributed by atoms with Crippen LogP contribution in [0.1, 0.15) is 11.1 Å². The summed E-state index contributed by atoms with van der Waals surface area (Å²) in [7, 11) is 0. The molecule has 0 aliphatic rings. The van der Waals surface area contributed by atoms with Gasteiger partial charge >= 0.3 is 0 Å². The maximum atomic E-state index is 11.3. The van der Waals surface area contributed by atoms with Crippen molar-refractivity contribution in [2.24, 2.45) is 5.73 Å². The Morgan fingerprint density at radius 1 is 0.958 bits per heavy atom. The van der Waals surface area contributed by atoms with Gasteiger partial charge in [-0.25, -0.2) is 0 Å². The van der Waals surface area contributed by atoms with Crippen LogP contribution in [0.2, 0.25) is 0 Å². The molecular weight excluding hydrogens is 302 g/mol. The number of aromatic nitrogens is 1. The molecule has 1 heterocycles. The Bertz CT molecular complexity index is 768. The molecule has 0 aliphatic heterocycles. The second-order valence-electron chi connectivity index (χ2n) is 5.71. The highest BCUT2D eigenvalue weighted by molar-refractivity contribution is 5.75. The second-order valence-corrected chi connectivity index (χ2v) is 5.71. The lowest BCUT2D eigenvalue weighted by Gasteiger charge is -2.20. The summed E-state index contributed by atoms with van der Waals surface area (Å²) in [5.74, 6) is -0.354. The SMILES string of the molecule is NC(=O)CN(Cc1ccc(-c2ccccc2)cc1)Cc1cnoc1. The van der Waals surface area contributed by atoms with Gasteiger partial charge in [0.25, 0.3) is 0 Å². The second kappa shape index (κ2) is 7.57. The van der Waals surface area contributed by atoms with Gasteiger partial charge < -0.3 is 10.3 Å². The Balaban J connectivity index is 1.71. The Labute approximate surface area is 140 Å². The first-order valence-electron chi connectivity index (χ1n) is 7.74. The van der Waals surface area contributed by atoms with Crippen molar-refractivity contribution in [3.05, 3.63) is 78.2 Å². The van der Waals surface area contributed by atoms with Crippen molar-refractivity contribution in [2.75, 3.05) is 6.54 Å². The van der Waals surface area contributed by atoms with E-state index in [1.54, 1.807) is 12.5 Å². The van der Waals surface area contributed by atoms with Crippen molar-refractivity contribution in [3.63, 3.8) is 0 Å². The molecule has 1 aromatic heterocycles. The Kier molecular flexibility index (Phi) is 5.03. The summed E-state index contributed by atoms with van der Waals surface area (Å²) in [4.78, 5) is 13.3. The maximum absolute atomic E-state index is 11.3. The Hall–Kier alpha value is -2.92. The minimum atomic E-state index is -0.354. The van der Waals surface area contributed by atoms with E-state index in [-0.39, 0.29) is 12.5 Å². The van der Waals surface area contributed by atoms with Crippen molar-refractivity contribution in [2.45, 2.75) is 13.1 Å². The first kappa shape index (κ1) is 16.0. The fraction of sp³-hybridized carbons (Fsp3) is 0.158. The van der Waals surface area contributed by atoms with Crippen LogP contribution in [0.15, 0.2) is 71.6 Å². The Morgan fingerprint density at radius 2 is 1.62 bits per heavy atom. The first-order chi connectivity index (χ1) is 11.7. The molecule has 1 amide bonds. The molecular formula is C19H19N3O2. The molecule has 0 aliphatic carbocycles. The third-order valence-electron chi connectivity index (χ3n) is 3.74. The van der Waals surface area contributed by atoms with Crippen molar-refractivity contribution < 1.29 is 9.32 Å². The zero-order chi connectivity index (χ0) is 16.8. The van der Waals surface area contributed by atoms with Crippen LogP contribution in [0.5, 0.6) is 0 Å². The highest BCUT2D eigenvalue weighted by Crippen LogP contribution is 2.20. The minimum Gasteiger partial charge on any atom is -0.369 e. The number of amides is 1. The molecule has 2 aromatic carbocycles. The van der Waals surface area contributed by atoms with Gasteiger partial charge in [0.2, 0.25) is 5.91 Å². The predicted molar refractivity (Wildman–Crippen MR) is 91.7 cm³/mol. The van der Waals surface area contributed by atoms with Crippen LogP contribution in [0.25, 0.3) is 11.1 Å². The van der Waals surface area contributed by atoms with Gasteiger partial charge in [-0.1, -0.05) is 59.8 Å². The number of carbonyl (C=O) groups is 1. The number of hydrogen-bond donors (Lipinski definition) is 1. The van der Waals surface area contributed by atoms with E-state index in [1.807, 2.05) is 23.1 Å². The summed E-state index contributed by atoms with van der Waals surface area (Å²) in [6.45, 7) is 1.38. The summed E-state index contributed by atoms with van der Waals surface area (Å²) in [6, 6.07) is 18.5. The van der Waals surface area contributed by atoms with E-state index in [1.165, 1.54) is 11.1 Å². The largest absolute Gasteiger partial charge is 0.369 e. The number of rotatable bonds is 7. The van der Waals surface area contributed by atoms with E-state index in [4.69, 9.17) is 10.3 Å². The molecule has 0 bridgehead atoms. The number of nitrogens with two attached hydrogens (primary N) is 1. The van der Waals surface area contributed by atoms with E-state index in [2.05, 4.69) is 41.6 Å². The third-order valence-corrected chi connectivity index (χ3v) is 3.74. The highest BCUT2D eigenvalue weighted by atomic mass is 16.5. The highest BCUT2D eigenvalue weighted by Gasteiger charge is 2.11. The van der Waals surface area contributed by atoms with Crippen LogP contribution in [0, 0.1) is 0 Å². The fourth-order valence-electron chi connectivity index (χ4n) is 2.64. The van der Waals surface area contributed by atoms with E-state index < -0.39 is 0 Å². The van der Waals surface area contributed by atoms with Gasteiger partial charge in [-0.05, 0) is 16.7 Å². The molecule has 3 aromatic rings. The van der Waals surface area contributed by atoms with Gasteiger partial charge in [0.15, 0.2) is 0 Å². The Morgan fingerprint density at radius 3 is 2.25 bits per heavy atom. The quantitative estimate of drug-likeness (QED) is 0.726. The van der Waals surface area contributed by atoms with Crippen LogP contribution in [0.3, 0.4) is 0 Å². The standard InChI is InChI=1S/C19H19N3O2/c20-19(23)13-22(12-16-10-21-24-14-16)11-15-6-8-18(9-7-15)17-4-2-1-3-5-17/h1-10,14H,11-13H2,(H2,20,23). The van der Waals surface area contributed by atoms with Gasteiger partial charge in [0.1, 0.15) is 6.26 Å². The molecule has 0 saturated heterocycles. The molecule has 5 nitrogen and oxygen atoms in total. The fourth-order valence-corrected chi connectivity index (χ4v) is 2.64. The molecule has 0 saturated carbocycles. The van der Waals surface area contributed by atoms with Crippen molar-refractivity contribution in [1.29, 1.82) is 0 Å². The number of benzene rings is 2. The average Bonchev–Trinajstić information content (AvgIpc) is 3.09. The van der Waals surface area contributed by atoms with Crippen molar-refractivity contribution in [3.8, 4) is 11.1 Å². The smallest absolute Gasteiger partial charge is 0.231 e. The topological polar surface area (TPSA) is 72.4 Å². The monoisotopic (exact) mass is 321 g/mol. The molecule has 122 valence electrons. The summed E-state index contributed by atoms with van der Waals surface area (Å²) >= 11 is 0. The summed E-state index contributed by atoms with van der Waals surface area (Å²) in [6.07, 6.45) is 3.22.